The maximum absolute atomic E-state index is 11.9. The lowest BCUT2D eigenvalue weighted by Gasteiger charge is -2.26. The van der Waals surface area contributed by atoms with Crippen LogP contribution in [0.4, 0.5) is 0 Å². The van der Waals surface area contributed by atoms with Crippen LogP contribution in [0.3, 0.4) is 0 Å². The molecule has 3 rings (SSSR count). The molecule has 1 aliphatic rings. The molecular weight excluding hydrogens is 322 g/mol. The van der Waals surface area contributed by atoms with E-state index in [0.29, 0.717) is 36.0 Å². The summed E-state index contributed by atoms with van der Waals surface area (Å²) in [5.41, 5.74) is 0.603. The number of nitrogens with one attached hydrogen (secondary N) is 1. The lowest BCUT2D eigenvalue weighted by atomic mass is 10.1. The summed E-state index contributed by atoms with van der Waals surface area (Å²) in [6, 6.07) is 14.1. The van der Waals surface area contributed by atoms with Crippen LogP contribution in [0.2, 0.25) is 0 Å². The van der Waals surface area contributed by atoms with Gasteiger partial charge in [0.05, 0.1) is 6.54 Å². The third-order valence-electron chi connectivity index (χ3n) is 3.73. The molecule has 1 aliphatic heterocycles. The predicted molar refractivity (Wildman–Crippen MR) is 91.3 cm³/mol. The van der Waals surface area contributed by atoms with E-state index < -0.39 is 0 Å². The Bertz CT molecular complexity index is 757. The van der Waals surface area contributed by atoms with Gasteiger partial charge in [-0.1, -0.05) is 12.1 Å². The SMILES string of the molecule is CC(=O)c1ccc(OCC(=O)NC[C@@H]2COc3ccccc3O2)cc1. The molecule has 1 amide bonds. The van der Waals surface area contributed by atoms with Gasteiger partial charge in [0.1, 0.15) is 18.5 Å². The molecule has 0 aromatic heterocycles. The smallest absolute Gasteiger partial charge is 0.258 e. The van der Waals surface area contributed by atoms with Gasteiger partial charge in [-0.15, -0.1) is 0 Å². The van der Waals surface area contributed by atoms with E-state index in [1.165, 1.54) is 6.92 Å². The maximum atomic E-state index is 11.9. The van der Waals surface area contributed by atoms with E-state index in [1.54, 1.807) is 24.3 Å². The Labute approximate surface area is 145 Å². The highest BCUT2D eigenvalue weighted by Gasteiger charge is 2.21. The average Bonchev–Trinajstić information content (AvgIpc) is 2.65. The third-order valence-corrected chi connectivity index (χ3v) is 3.73. The summed E-state index contributed by atoms with van der Waals surface area (Å²) in [6.07, 6.45) is -0.242. The van der Waals surface area contributed by atoms with E-state index in [1.807, 2.05) is 24.3 Å². The number of hydrogen-bond acceptors (Lipinski definition) is 5. The van der Waals surface area contributed by atoms with Crippen LogP contribution in [-0.2, 0) is 4.79 Å². The van der Waals surface area contributed by atoms with Crippen molar-refractivity contribution in [1.82, 2.24) is 5.32 Å². The van der Waals surface area contributed by atoms with Gasteiger partial charge in [0, 0.05) is 5.56 Å². The summed E-state index contributed by atoms with van der Waals surface area (Å²) in [5.74, 6) is 1.65. The van der Waals surface area contributed by atoms with Gasteiger partial charge < -0.3 is 19.5 Å². The van der Waals surface area contributed by atoms with E-state index >= 15 is 0 Å². The zero-order valence-corrected chi connectivity index (χ0v) is 13.9. The van der Waals surface area contributed by atoms with E-state index in [0.717, 1.165) is 0 Å². The highest BCUT2D eigenvalue weighted by Crippen LogP contribution is 2.30. The number of Topliss-reactive ketones (excluding diaryl/α,β-unsaturated/α-hetero) is 1. The molecule has 2 aromatic rings. The Kier molecular flexibility index (Phi) is 5.18. The number of carbonyl (C=O) groups is 2. The number of rotatable bonds is 6. The topological polar surface area (TPSA) is 73.9 Å². The van der Waals surface area contributed by atoms with Crippen molar-refractivity contribution >= 4 is 11.7 Å². The Morgan fingerprint density at radius 1 is 1.12 bits per heavy atom. The summed E-state index contributed by atoms with van der Waals surface area (Å²) in [4.78, 5) is 23.1. The molecule has 0 unspecified atom stereocenters. The molecule has 130 valence electrons. The molecule has 6 heteroatoms. The highest BCUT2D eigenvalue weighted by atomic mass is 16.6. The van der Waals surface area contributed by atoms with Crippen molar-refractivity contribution in [3.63, 3.8) is 0 Å². The number of ketones is 1. The predicted octanol–water partition coefficient (Wildman–Crippen LogP) is 2.22. The molecule has 0 saturated carbocycles. The van der Waals surface area contributed by atoms with Crippen LogP contribution in [-0.4, -0.2) is 37.6 Å². The molecule has 1 heterocycles. The summed E-state index contributed by atoms with van der Waals surface area (Å²) >= 11 is 0. The summed E-state index contributed by atoms with van der Waals surface area (Å²) in [6.45, 7) is 2.10. The monoisotopic (exact) mass is 341 g/mol. The van der Waals surface area contributed by atoms with Crippen molar-refractivity contribution in [2.24, 2.45) is 0 Å². The number of ether oxygens (including phenoxy) is 3. The average molecular weight is 341 g/mol. The molecule has 0 spiro atoms. The first-order valence-corrected chi connectivity index (χ1v) is 8.01. The summed E-state index contributed by atoms with van der Waals surface area (Å²) < 4.78 is 16.8. The highest BCUT2D eigenvalue weighted by molar-refractivity contribution is 5.94. The van der Waals surface area contributed by atoms with Crippen LogP contribution in [0.1, 0.15) is 17.3 Å². The van der Waals surface area contributed by atoms with Crippen molar-refractivity contribution in [2.75, 3.05) is 19.8 Å². The lowest BCUT2D eigenvalue weighted by Crippen LogP contribution is -2.42. The molecule has 0 saturated heterocycles. The van der Waals surface area contributed by atoms with Crippen LogP contribution in [0.25, 0.3) is 0 Å². The van der Waals surface area contributed by atoms with Gasteiger partial charge in [-0.05, 0) is 43.3 Å². The normalized spacial score (nSPS) is 15.3. The second-order valence-electron chi connectivity index (χ2n) is 5.67. The minimum Gasteiger partial charge on any atom is -0.486 e. The molecule has 25 heavy (non-hydrogen) atoms. The van der Waals surface area contributed by atoms with Gasteiger partial charge in [0.25, 0.3) is 5.91 Å². The van der Waals surface area contributed by atoms with Crippen LogP contribution in [0, 0.1) is 0 Å². The minimum absolute atomic E-state index is 0.0134. The molecule has 2 aromatic carbocycles. The zero-order valence-electron chi connectivity index (χ0n) is 13.9. The molecule has 0 bridgehead atoms. The van der Waals surface area contributed by atoms with Gasteiger partial charge >= 0.3 is 0 Å². The molecule has 0 radical (unpaired) electrons. The third kappa shape index (κ3) is 4.50. The number of fused-ring (bicyclic) bond motifs is 1. The standard InChI is InChI=1S/C19H19NO5/c1-13(21)14-6-8-15(9-7-14)23-12-19(22)20-10-16-11-24-17-4-2-3-5-18(17)25-16/h2-9,16H,10-12H2,1H3,(H,20,22)/t16-/m1/s1. The van der Waals surface area contributed by atoms with Crippen LogP contribution in [0.5, 0.6) is 17.2 Å². The lowest BCUT2D eigenvalue weighted by molar-refractivity contribution is -0.123. The van der Waals surface area contributed by atoms with Crippen molar-refractivity contribution in [3.8, 4) is 17.2 Å². The van der Waals surface area contributed by atoms with Crippen molar-refractivity contribution in [2.45, 2.75) is 13.0 Å². The van der Waals surface area contributed by atoms with Gasteiger partial charge in [-0.25, -0.2) is 0 Å². The second kappa shape index (κ2) is 7.70. The molecule has 0 fully saturated rings. The summed E-state index contributed by atoms with van der Waals surface area (Å²) in [5, 5.41) is 2.76. The molecule has 6 nitrogen and oxygen atoms in total. The van der Waals surface area contributed by atoms with Crippen LogP contribution >= 0.6 is 0 Å². The number of carbonyl (C=O) groups excluding carboxylic acids is 2. The van der Waals surface area contributed by atoms with E-state index in [-0.39, 0.29) is 24.4 Å². The van der Waals surface area contributed by atoms with Crippen molar-refractivity contribution in [1.29, 1.82) is 0 Å². The molecule has 0 aliphatic carbocycles. The number of para-hydroxylation sites is 2. The maximum Gasteiger partial charge on any atom is 0.258 e. The Morgan fingerprint density at radius 2 is 1.84 bits per heavy atom. The quantitative estimate of drug-likeness (QED) is 0.816. The van der Waals surface area contributed by atoms with Gasteiger partial charge in [-0.3, -0.25) is 9.59 Å². The molecule has 1 N–H and O–H groups in total. The molecular formula is C19H19NO5. The second-order valence-corrected chi connectivity index (χ2v) is 5.67. The van der Waals surface area contributed by atoms with Crippen molar-refractivity contribution in [3.05, 3.63) is 54.1 Å². The number of benzene rings is 2. The van der Waals surface area contributed by atoms with E-state index in [4.69, 9.17) is 14.2 Å². The fourth-order valence-corrected chi connectivity index (χ4v) is 2.38. The van der Waals surface area contributed by atoms with Crippen LogP contribution in [0.15, 0.2) is 48.5 Å². The molecule has 1 atom stereocenters. The largest absolute Gasteiger partial charge is 0.486 e. The van der Waals surface area contributed by atoms with Gasteiger partial charge in [0.15, 0.2) is 23.9 Å². The van der Waals surface area contributed by atoms with E-state index in [2.05, 4.69) is 5.32 Å². The minimum atomic E-state index is -0.252. The first-order valence-electron chi connectivity index (χ1n) is 8.01. The number of amides is 1. The fraction of sp³-hybridized carbons (Fsp3) is 0.263. The first kappa shape index (κ1) is 16.8. The van der Waals surface area contributed by atoms with Gasteiger partial charge in [0.2, 0.25) is 0 Å². The number of hydrogen-bond donors (Lipinski definition) is 1. The Morgan fingerprint density at radius 3 is 2.56 bits per heavy atom. The van der Waals surface area contributed by atoms with E-state index in [9.17, 15) is 9.59 Å². The Balaban J connectivity index is 1.42. The van der Waals surface area contributed by atoms with Gasteiger partial charge in [-0.2, -0.15) is 0 Å². The first-order chi connectivity index (χ1) is 12.1. The fourth-order valence-electron chi connectivity index (χ4n) is 2.38. The van der Waals surface area contributed by atoms with Crippen LogP contribution < -0.4 is 19.5 Å². The summed E-state index contributed by atoms with van der Waals surface area (Å²) in [7, 11) is 0. The Hall–Kier alpha value is -3.02. The van der Waals surface area contributed by atoms with Crippen molar-refractivity contribution < 1.29 is 23.8 Å². The zero-order chi connectivity index (χ0) is 17.6.